The van der Waals surface area contributed by atoms with E-state index in [-0.39, 0.29) is 11.2 Å². The quantitative estimate of drug-likeness (QED) is 0.564. The normalized spacial score (nSPS) is 12.4. The van der Waals surface area contributed by atoms with Gasteiger partial charge in [-0.25, -0.2) is 0 Å². The molecule has 1 heteroatoms. The van der Waals surface area contributed by atoms with Gasteiger partial charge in [0.15, 0.2) is 5.78 Å². The minimum atomic E-state index is 0.0474. The van der Waals surface area contributed by atoms with Crippen molar-refractivity contribution in [3.8, 4) is 0 Å². The summed E-state index contributed by atoms with van der Waals surface area (Å²) in [6.45, 7) is 14.7. The first-order chi connectivity index (χ1) is 11.6. The van der Waals surface area contributed by atoms with E-state index in [2.05, 4.69) is 71.0 Å². The van der Waals surface area contributed by atoms with Crippen LogP contribution in [0.2, 0.25) is 0 Å². The summed E-state index contributed by atoms with van der Waals surface area (Å²) < 4.78 is 0. The third-order valence-electron chi connectivity index (χ3n) is 4.96. The molecule has 0 atom stereocenters. The summed E-state index contributed by atoms with van der Waals surface area (Å²) in [6.07, 6.45) is 3.16. The Balaban J connectivity index is 2.36. The number of hydrogen-bond acceptors (Lipinski definition) is 1. The number of ketones is 1. The lowest BCUT2D eigenvalue weighted by Crippen LogP contribution is -2.18. The maximum Gasteiger partial charge on any atom is 0.160 e. The van der Waals surface area contributed by atoms with Crippen LogP contribution in [-0.2, 0) is 5.41 Å². The van der Waals surface area contributed by atoms with E-state index < -0.39 is 0 Å². The Morgan fingerprint density at radius 1 is 1.00 bits per heavy atom. The van der Waals surface area contributed by atoms with Gasteiger partial charge in [0.2, 0.25) is 0 Å². The molecule has 0 aliphatic rings. The van der Waals surface area contributed by atoms with E-state index in [1.807, 2.05) is 13.0 Å². The number of hydrogen-bond donors (Lipinski definition) is 0. The highest BCUT2D eigenvalue weighted by atomic mass is 16.1. The molecule has 0 radical (unpaired) electrons. The number of rotatable bonds is 5. The SMILES string of the molecule is C/C=C(\CC(C)(C)c1cc(C)cc(C)c1)c1ccc(C(C)=O)c(C)c1. The Hall–Kier alpha value is -2.15. The fourth-order valence-corrected chi connectivity index (χ4v) is 3.57. The van der Waals surface area contributed by atoms with Gasteiger partial charge in [0.05, 0.1) is 0 Å². The fraction of sp³-hybridized carbons (Fsp3) is 0.375. The zero-order valence-corrected chi connectivity index (χ0v) is 16.7. The molecule has 0 saturated carbocycles. The van der Waals surface area contributed by atoms with Crippen LogP contribution in [0.5, 0.6) is 0 Å². The number of allylic oxidation sites excluding steroid dienone is 2. The van der Waals surface area contributed by atoms with Crippen LogP contribution >= 0.6 is 0 Å². The molecular formula is C24H30O. The van der Waals surface area contributed by atoms with Gasteiger partial charge in [-0.2, -0.15) is 0 Å². The van der Waals surface area contributed by atoms with Crippen molar-refractivity contribution in [2.75, 3.05) is 0 Å². The molecule has 0 bridgehead atoms. The van der Waals surface area contributed by atoms with Crippen LogP contribution < -0.4 is 0 Å². The maximum absolute atomic E-state index is 11.7. The molecule has 2 aromatic carbocycles. The summed E-state index contributed by atoms with van der Waals surface area (Å²) >= 11 is 0. The van der Waals surface area contributed by atoms with Gasteiger partial charge in [-0.1, -0.05) is 67.4 Å². The second-order valence-corrected chi connectivity index (χ2v) is 7.84. The van der Waals surface area contributed by atoms with Crippen LogP contribution in [0.15, 0.2) is 42.5 Å². The molecule has 0 unspecified atom stereocenters. The third kappa shape index (κ3) is 4.48. The lowest BCUT2D eigenvalue weighted by Gasteiger charge is -2.28. The summed E-state index contributed by atoms with van der Waals surface area (Å²) in [4.78, 5) is 11.7. The van der Waals surface area contributed by atoms with Gasteiger partial charge in [0.25, 0.3) is 0 Å². The first kappa shape index (κ1) is 19.2. The average Bonchev–Trinajstić information content (AvgIpc) is 2.51. The molecule has 0 aliphatic heterocycles. The molecule has 1 nitrogen and oxygen atoms in total. The van der Waals surface area contributed by atoms with Gasteiger partial charge in [-0.15, -0.1) is 0 Å². The second-order valence-electron chi connectivity index (χ2n) is 7.84. The van der Waals surface area contributed by atoms with E-state index in [4.69, 9.17) is 0 Å². The zero-order valence-electron chi connectivity index (χ0n) is 16.7. The molecule has 0 N–H and O–H groups in total. The van der Waals surface area contributed by atoms with Crippen molar-refractivity contribution in [2.24, 2.45) is 0 Å². The zero-order chi connectivity index (χ0) is 18.8. The van der Waals surface area contributed by atoms with Crippen molar-refractivity contribution in [1.82, 2.24) is 0 Å². The van der Waals surface area contributed by atoms with Gasteiger partial charge in [-0.05, 0) is 68.7 Å². The van der Waals surface area contributed by atoms with Gasteiger partial charge in [0, 0.05) is 5.56 Å². The largest absolute Gasteiger partial charge is 0.295 e. The Morgan fingerprint density at radius 2 is 1.60 bits per heavy atom. The van der Waals surface area contributed by atoms with E-state index in [0.29, 0.717) is 0 Å². The van der Waals surface area contributed by atoms with E-state index >= 15 is 0 Å². The molecular weight excluding hydrogens is 304 g/mol. The highest BCUT2D eigenvalue weighted by molar-refractivity contribution is 5.95. The number of benzene rings is 2. The van der Waals surface area contributed by atoms with Crippen LogP contribution in [0.4, 0.5) is 0 Å². The minimum absolute atomic E-state index is 0.0474. The van der Waals surface area contributed by atoms with E-state index in [0.717, 1.165) is 17.5 Å². The summed E-state index contributed by atoms with van der Waals surface area (Å²) in [7, 11) is 0. The van der Waals surface area contributed by atoms with Crippen molar-refractivity contribution >= 4 is 11.4 Å². The van der Waals surface area contributed by atoms with Crippen LogP contribution in [0.1, 0.15) is 72.3 Å². The predicted molar refractivity (Wildman–Crippen MR) is 108 cm³/mol. The molecule has 0 heterocycles. The summed E-state index contributed by atoms with van der Waals surface area (Å²) in [5.41, 5.74) is 8.44. The highest BCUT2D eigenvalue weighted by Crippen LogP contribution is 2.35. The van der Waals surface area contributed by atoms with Crippen molar-refractivity contribution < 1.29 is 4.79 Å². The number of carbonyl (C=O) groups excluding carboxylic acids is 1. The monoisotopic (exact) mass is 334 g/mol. The van der Waals surface area contributed by atoms with E-state index in [1.54, 1.807) is 6.92 Å². The molecule has 0 fully saturated rings. The second kappa shape index (κ2) is 7.39. The number of Topliss-reactive ketones (excluding diaryl/α,β-unsaturated/α-hetero) is 1. The molecule has 0 aliphatic carbocycles. The Kier molecular flexibility index (Phi) is 5.67. The molecule has 2 rings (SSSR count). The lowest BCUT2D eigenvalue weighted by atomic mass is 9.76. The smallest absolute Gasteiger partial charge is 0.160 e. The van der Waals surface area contributed by atoms with Gasteiger partial charge in [-0.3, -0.25) is 4.79 Å². The Morgan fingerprint density at radius 3 is 2.08 bits per heavy atom. The van der Waals surface area contributed by atoms with E-state index in [9.17, 15) is 4.79 Å². The van der Waals surface area contributed by atoms with Crippen molar-refractivity contribution in [2.45, 2.75) is 60.3 Å². The number of aryl methyl sites for hydroxylation is 3. The molecule has 0 aromatic heterocycles. The van der Waals surface area contributed by atoms with Gasteiger partial charge < -0.3 is 0 Å². The molecule has 132 valence electrons. The van der Waals surface area contributed by atoms with Crippen LogP contribution in [0, 0.1) is 20.8 Å². The first-order valence-electron chi connectivity index (χ1n) is 9.00. The third-order valence-corrected chi connectivity index (χ3v) is 4.96. The predicted octanol–water partition coefficient (Wildman–Crippen LogP) is 6.59. The first-order valence-corrected chi connectivity index (χ1v) is 9.00. The molecule has 0 saturated heterocycles. The topological polar surface area (TPSA) is 17.1 Å². The van der Waals surface area contributed by atoms with Gasteiger partial charge in [0.1, 0.15) is 0 Å². The standard InChI is InChI=1S/C24H30O/c1-8-20(21-9-10-23(19(5)25)18(4)14-21)15-24(6,7)22-12-16(2)11-17(3)13-22/h8-14H,15H2,1-7H3/b20-8+. The summed E-state index contributed by atoms with van der Waals surface area (Å²) in [5, 5.41) is 0. The molecule has 25 heavy (non-hydrogen) atoms. The van der Waals surface area contributed by atoms with Crippen LogP contribution in [0.3, 0.4) is 0 Å². The van der Waals surface area contributed by atoms with Crippen molar-refractivity contribution in [3.05, 3.63) is 75.9 Å². The number of carbonyl (C=O) groups is 1. The summed E-state index contributed by atoms with van der Waals surface area (Å²) in [5.74, 6) is 0.127. The van der Waals surface area contributed by atoms with Crippen LogP contribution in [0.25, 0.3) is 5.57 Å². The van der Waals surface area contributed by atoms with Crippen molar-refractivity contribution in [1.29, 1.82) is 0 Å². The molecule has 0 amide bonds. The van der Waals surface area contributed by atoms with E-state index in [1.165, 1.54) is 27.8 Å². The molecule has 0 spiro atoms. The maximum atomic E-state index is 11.7. The highest BCUT2D eigenvalue weighted by Gasteiger charge is 2.23. The average molecular weight is 335 g/mol. The fourth-order valence-electron chi connectivity index (χ4n) is 3.57. The van der Waals surface area contributed by atoms with Crippen molar-refractivity contribution in [3.63, 3.8) is 0 Å². The van der Waals surface area contributed by atoms with Gasteiger partial charge >= 0.3 is 0 Å². The Bertz CT molecular complexity index is 802. The molecule has 2 aromatic rings. The van der Waals surface area contributed by atoms with Crippen LogP contribution in [-0.4, -0.2) is 5.78 Å². The summed E-state index contributed by atoms with van der Waals surface area (Å²) in [6, 6.07) is 13.0. The lowest BCUT2D eigenvalue weighted by molar-refractivity contribution is 0.101. The Labute approximate surface area is 152 Å². The minimum Gasteiger partial charge on any atom is -0.295 e.